The first-order valence-corrected chi connectivity index (χ1v) is 8.28. The fraction of sp³-hybridized carbons (Fsp3) is 0.0556. The number of hydrogen-bond acceptors (Lipinski definition) is 6. The van der Waals surface area contributed by atoms with Crippen LogP contribution in [0.5, 0.6) is 11.5 Å². The quantitative estimate of drug-likeness (QED) is 0.554. The van der Waals surface area contributed by atoms with Gasteiger partial charge in [-0.1, -0.05) is 18.2 Å². The number of aromatic nitrogens is 4. The van der Waals surface area contributed by atoms with Gasteiger partial charge in [-0.2, -0.15) is 9.97 Å². The number of nitrogens with one attached hydrogen (secondary N) is 1. The van der Waals surface area contributed by atoms with Crippen LogP contribution in [-0.4, -0.2) is 26.3 Å². The molecule has 0 aliphatic carbocycles. The Morgan fingerprint density at radius 2 is 1.85 bits per heavy atom. The van der Waals surface area contributed by atoms with E-state index in [2.05, 4.69) is 20.3 Å². The number of fused-ring (bicyclic) bond motifs is 2. The molecule has 128 valence electrons. The molecule has 0 spiro atoms. The Labute approximate surface area is 153 Å². The van der Waals surface area contributed by atoms with Gasteiger partial charge in [0.05, 0.1) is 0 Å². The largest absolute Gasteiger partial charge is 0.454 e. The lowest BCUT2D eigenvalue weighted by Crippen LogP contribution is -1.99. The Morgan fingerprint density at radius 3 is 2.73 bits per heavy atom. The average Bonchev–Trinajstić information content (AvgIpc) is 3.28. The van der Waals surface area contributed by atoms with Gasteiger partial charge in [-0.25, -0.2) is 4.98 Å². The van der Waals surface area contributed by atoms with Gasteiger partial charge in [0.15, 0.2) is 28.5 Å². The number of rotatable bonds is 3. The molecular weight excluding hydrogens is 354 g/mol. The SMILES string of the molecule is Clc1nc(Nc2ccc3c(c2)OCO3)c2ncn(-c3ccccc3)c2n1. The Hall–Kier alpha value is -3.32. The number of nitrogens with zero attached hydrogens (tertiary/aromatic N) is 4. The molecule has 8 heteroatoms. The summed E-state index contributed by atoms with van der Waals surface area (Å²) in [4.78, 5) is 13.1. The number of ether oxygens (including phenoxy) is 2. The van der Waals surface area contributed by atoms with E-state index in [0.717, 1.165) is 17.1 Å². The highest BCUT2D eigenvalue weighted by atomic mass is 35.5. The van der Waals surface area contributed by atoms with Crippen LogP contribution in [0.1, 0.15) is 0 Å². The summed E-state index contributed by atoms with van der Waals surface area (Å²) in [5.41, 5.74) is 2.98. The Balaban J connectivity index is 1.59. The predicted octanol–water partition coefficient (Wildman–Crippen LogP) is 3.94. The lowest BCUT2D eigenvalue weighted by molar-refractivity contribution is 0.174. The number of hydrogen-bond donors (Lipinski definition) is 1. The summed E-state index contributed by atoms with van der Waals surface area (Å²) in [5, 5.41) is 3.37. The smallest absolute Gasteiger partial charge is 0.231 e. The van der Waals surface area contributed by atoms with Crippen LogP contribution in [0, 0.1) is 0 Å². The van der Waals surface area contributed by atoms with Gasteiger partial charge in [0.2, 0.25) is 12.1 Å². The van der Waals surface area contributed by atoms with Crippen molar-refractivity contribution in [3.05, 3.63) is 60.1 Å². The van der Waals surface area contributed by atoms with Gasteiger partial charge >= 0.3 is 0 Å². The molecule has 4 aromatic rings. The normalized spacial score (nSPS) is 12.5. The zero-order valence-corrected chi connectivity index (χ0v) is 14.1. The highest BCUT2D eigenvalue weighted by molar-refractivity contribution is 6.28. The summed E-state index contributed by atoms with van der Waals surface area (Å²) in [6, 6.07) is 15.4. The molecule has 3 heterocycles. The van der Waals surface area contributed by atoms with Crippen LogP contribution in [0.4, 0.5) is 11.5 Å². The van der Waals surface area contributed by atoms with Crippen molar-refractivity contribution >= 4 is 34.3 Å². The predicted molar refractivity (Wildman–Crippen MR) is 97.5 cm³/mol. The van der Waals surface area contributed by atoms with Crippen molar-refractivity contribution in [2.75, 3.05) is 12.1 Å². The maximum absolute atomic E-state index is 6.15. The van der Waals surface area contributed by atoms with Crippen LogP contribution in [0.25, 0.3) is 16.9 Å². The molecule has 1 aliphatic heterocycles. The molecule has 2 aromatic heterocycles. The molecule has 0 saturated heterocycles. The second-order valence-electron chi connectivity index (χ2n) is 5.66. The number of halogens is 1. The highest BCUT2D eigenvalue weighted by Gasteiger charge is 2.16. The second-order valence-corrected chi connectivity index (χ2v) is 5.99. The second kappa shape index (κ2) is 5.89. The topological polar surface area (TPSA) is 74.1 Å². The molecule has 1 N–H and O–H groups in total. The zero-order chi connectivity index (χ0) is 17.5. The maximum atomic E-state index is 6.15. The van der Waals surface area contributed by atoms with Gasteiger partial charge in [-0.05, 0) is 35.9 Å². The van der Waals surface area contributed by atoms with Gasteiger partial charge < -0.3 is 14.8 Å². The molecule has 0 saturated carbocycles. The van der Waals surface area contributed by atoms with Crippen molar-refractivity contribution in [2.45, 2.75) is 0 Å². The van der Waals surface area contributed by atoms with E-state index in [0.29, 0.717) is 22.7 Å². The summed E-state index contributed by atoms with van der Waals surface area (Å²) in [7, 11) is 0. The van der Waals surface area contributed by atoms with E-state index in [9.17, 15) is 0 Å². The summed E-state index contributed by atoms with van der Waals surface area (Å²) >= 11 is 6.15. The maximum Gasteiger partial charge on any atom is 0.231 e. The first-order chi connectivity index (χ1) is 12.8. The lowest BCUT2D eigenvalue weighted by Gasteiger charge is -2.08. The molecule has 2 aromatic carbocycles. The molecule has 1 aliphatic rings. The van der Waals surface area contributed by atoms with Crippen LogP contribution in [0.15, 0.2) is 54.9 Å². The molecule has 0 amide bonds. The lowest BCUT2D eigenvalue weighted by atomic mass is 10.2. The van der Waals surface area contributed by atoms with Crippen molar-refractivity contribution < 1.29 is 9.47 Å². The van der Waals surface area contributed by atoms with Crippen molar-refractivity contribution in [2.24, 2.45) is 0 Å². The monoisotopic (exact) mass is 365 g/mol. The third-order valence-corrected chi connectivity index (χ3v) is 4.21. The molecule has 0 bridgehead atoms. The molecule has 7 nitrogen and oxygen atoms in total. The average molecular weight is 366 g/mol. The molecular formula is C18H12ClN5O2. The fourth-order valence-electron chi connectivity index (χ4n) is 2.85. The summed E-state index contributed by atoms with van der Waals surface area (Å²) in [6.07, 6.45) is 1.70. The standard InChI is InChI=1S/C18H12ClN5O2/c19-18-22-16(21-11-6-7-13-14(8-11)26-10-25-13)15-17(23-18)24(9-20-15)12-4-2-1-3-5-12/h1-9H,10H2,(H,21,22,23). The van der Waals surface area contributed by atoms with Crippen LogP contribution < -0.4 is 14.8 Å². The van der Waals surface area contributed by atoms with Gasteiger partial charge in [0.1, 0.15) is 6.33 Å². The minimum Gasteiger partial charge on any atom is -0.454 e. The van der Waals surface area contributed by atoms with Crippen molar-refractivity contribution in [3.8, 4) is 17.2 Å². The Morgan fingerprint density at radius 1 is 1.00 bits per heavy atom. The molecule has 0 fully saturated rings. The van der Waals surface area contributed by atoms with E-state index in [4.69, 9.17) is 21.1 Å². The Kier molecular flexibility index (Phi) is 3.39. The summed E-state index contributed by atoms with van der Waals surface area (Å²) in [5.74, 6) is 1.92. The van der Waals surface area contributed by atoms with E-state index in [-0.39, 0.29) is 12.1 Å². The van der Waals surface area contributed by atoms with Gasteiger partial charge in [0.25, 0.3) is 0 Å². The molecule has 5 rings (SSSR count). The highest BCUT2D eigenvalue weighted by Crippen LogP contribution is 2.35. The van der Waals surface area contributed by atoms with E-state index >= 15 is 0 Å². The molecule has 0 radical (unpaired) electrons. The Bertz CT molecular complexity index is 1110. The van der Waals surface area contributed by atoms with Crippen LogP contribution in [0.3, 0.4) is 0 Å². The van der Waals surface area contributed by atoms with Crippen LogP contribution in [-0.2, 0) is 0 Å². The number of benzene rings is 2. The summed E-state index contributed by atoms with van der Waals surface area (Å²) in [6.45, 7) is 0.226. The minimum absolute atomic E-state index is 0.137. The minimum atomic E-state index is 0.137. The number of para-hydroxylation sites is 1. The number of anilines is 2. The summed E-state index contributed by atoms with van der Waals surface area (Å²) < 4.78 is 12.6. The van der Waals surface area contributed by atoms with Crippen molar-refractivity contribution in [1.82, 2.24) is 19.5 Å². The molecule has 0 unspecified atom stereocenters. The van der Waals surface area contributed by atoms with Crippen LogP contribution in [0.2, 0.25) is 5.28 Å². The van der Waals surface area contributed by atoms with E-state index in [1.807, 2.05) is 53.1 Å². The van der Waals surface area contributed by atoms with Gasteiger partial charge in [-0.3, -0.25) is 4.57 Å². The van der Waals surface area contributed by atoms with Crippen LogP contribution >= 0.6 is 11.6 Å². The zero-order valence-electron chi connectivity index (χ0n) is 13.4. The van der Waals surface area contributed by atoms with E-state index in [1.165, 1.54) is 0 Å². The first-order valence-electron chi connectivity index (χ1n) is 7.90. The van der Waals surface area contributed by atoms with E-state index < -0.39 is 0 Å². The fourth-order valence-corrected chi connectivity index (χ4v) is 3.01. The third-order valence-electron chi connectivity index (χ3n) is 4.04. The third kappa shape index (κ3) is 2.49. The number of imidazole rings is 1. The van der Waals surface area contributed by atoms with Crippen molar-refractivity contribution in [3.63, 3.8) is 0 Å². The van der Waals surface area contributed by atoms with E-state index in [1.54, 1.807) is 6.33 Å². The first kappa shape index (κ1) is 15.0. The van der Waals surface area contributed by atoms with Gasteiger partial charge in [-0.15, -0.1) is 0 Å². The van der Waals surface area contributed by atoms with Crippen molar-refractivity contribution in [1.29, 1.82) is 0 Å². The molecule has 26 heavy (non-hydrogen) atoms. The molecule has 0 atom stereocenters. The van der Waals surface area contributed by atoms with Gasteiger partial charge in [0, 0.05) is 17.4 Å².